The maximum absolute atomic E-state index is 11.9. The second-order valence-electron chi connectivity index (χ2n) is 7.68. The number of aromatic nitrogens is 3. The van der Waals surface area contributed by atoms with Crippen LogP contribution >= 0.6 is 0 Å². The minimum atomic E-state index is -0.535. The van der Waals surface area contributed by atoms with Gasteiger partial charge in [-0.25, -0.2) is 4.98 Å². The van der Waals surface area contributed by atoms with Gasteiger partial charge in [-0.1, -0.05) is 12.1 Å². The molecule has 0 atom stereocenters. The van der Waals surface area contributed by atoms with E-state index in [2.05, 4.69) is 18.9 Å². The lowest BCUT2D eigenvalue weighted by molar-refractivity contribution is -0.119. The average Bonchev–Trinajstić information content (AvgIpc) is 3.31. The second-order valence-corrected chi connectivity index (χ2v) is 7.68. The van der Waals surface area contributed by atoms with Gasteiger partial charge in [0.1, 0.15) is 16.8 Å². The smallest absolute Gasteiger partial charge is 0.255 e. The van der Waals surface area contributed by atoms with Crippen molar-refractivity contribution in [2.24, 2.45) is 5.73 Å². The van der Waals surface area contributed by atoms with E-state index in [0.29, 0.717) is 22.4 Å². The fraction of sp³-hybridized carbons (Fsp3) is 0.174. The van der Waals surface area contributed by atoms with E-state index in [9.17, 15) is 9.59 Å². The molecule has 0 fully saturated rings. The monoisotopic (exact) mass is 416 g/mol. The Kier molecular flexibility index (Phi) is 4.28. The first-order valence-corrected chi connectivity index (χ1v) is 9.90. The van der Waals surface area contributed by atoms with Crippen LogP contribution < -0.4 is 15.9 Å². The number of H-pyrrole nitrogens is 1. The fourth-order valence-electron chi connectivity index (χ4n) is 3.81. The van der Waals surface area contributed by atoms with Gasteiger partial charge in [-0.2, -0.15) is 0 Å². The van der Waals surface area contributed by atoms with E-state index in [1.807, 2.05) is 23.0 Å². The molecule has 31 heavy (non-hydrogen) atoms. The molecule has 0 saturated carbocycles. The Labute approximate surface area is 176 Å². The Hall–Kier alpha value is -4.07. The predicted molar refractivity (Wildman–Crippen MR) is 118 cm³/mol. The Morgan fingerprint density at radius 2 is 1.97 bits per heavy atom. The third kappa shape index (κ3) is 3.13. The number of carbonyl (C=O) groups excluding carboxylic acids is 1. The lowest BCUT2D eigenvalue weighted by Gasteiger charge is -2.10. The molecule has 3 N–H and O–H groups in total. The summed E-state index contributed by atoms with van der Waals surface area (Å²) in [5.41, 5.74) is 9.38. The third-order valence-electron chi connectivity index (χ3n) is 5.21. The summed E-state index contributed by atoms with van der Waals surface area (Å²) in [5, 5.41) is 4.96. The van der Waals surface area contributed by atoms with Crippen LogP contribution in [0.1, 0.15) is 19.9 Å². The molecule has 0 aliphatic carbocycles. The van der Waals surface area contributed by atoms with E-state index in [4.69, 9.17) is 19.9 Å². The first-order valence-electron chi connectivity index (χ1n) is 9.90. The van der Waals surface area contributed by atoms with E-state index >= 15 is 0 Å². The number of pyridine rings is 1. The zero-order valence-corrected chi connectivity index (χ0v) is 17.0. The van der Waals surface area contributed by atoms with Gasteiger partial charge in [0.15, 0.2) is 23.3 Å². The highest BCUT2D eigenvalue weighted by Gasteiger charge is 2.21. The van der Waals surface area contributed by atoms with Crippen LogP contribution in [0.15, 0.2) is 57.9 Å². The minimum absolute atomic E-state index is 0.117. The van der Waals surface area contributed by atoms with Crippen molar-refractivity contribution in [2.75, 3.05) is 6.61 Å². The first-order chi connectivity index (χ1) is 14.9. The number of hydrogen-bond donors (Lipinski definition) is 2. The summed E-state index contributed by atoms with van der Waals surface area (Å²) in [6, 6.07) is 12.3. The molecule has 3 aromatic heterocycles. The van der Waals surface area contributed by atoms with E-state index in [1.54, 1.807) is 18.2 Å². The van der Waals surface area contributed by atoms with Gasteiger partial charge in [0.2, 0.25) is 0 Å². The highest BCUT2D eigenvalue weighted by atomic mass is 16.5. The van der Waals surface area contributed by atoms with Gasteiger partial charge in [-0.3, -0.25) is 14.3 Å². The van der Waals surface area contributed by atoms with Crippen LogP contribution in [0.2, 0.25) is 0 Å². The third-order valence-corrected chi connectivity index (χ3v) is 5.21. The summed E-state index contributed by atoms with van der Waals surface area (Å²) < 4.78 is 13.5. The Bertz CT molecular complexity index is 1510. The number of carbonyl (C=O) groups is 1. The van der Waals surface area contributed by atoms with Crippen LogP contribution in [-0.2, 0) is 4.79 Å². The molecule has 5 aromatic rings. The summed E-state index contributed by atoms with van der Waals surface area (Å²) >= 11 is 0. The van der Waals surface area contributed by atoms with Gasteiger partial charge in [0, 0.05) is 34.6 Å². The number of fused-ring (bicyclic) bond motifs is 4. The van der Waals surface area contributed by atoms with Crippen LogP contribution in [-0.4, -0.2) is 27.3 Å². The minimum Gasteiger partial charge on any atom is -0.484 e. The molecular weight excluding hydrogens is 396 g/mol. The van der Waals surface area contributed by atoms with Crippen LogP contribution in [0.3, 0.4) is 0 Å². The molecule has 156 valence electrons. The van der Waals surface area contributed by atoms with Crippen LogP contribution in [0.4, 0.5) is 0 Å². The number of hydrogen-bond acceptors (Lipinski definition) is 5. The second kappa shape index (κ2) is 7.02. The van der Waals surface area contributed by atoms with Crippen molar-refractivity contribution >= 4 is 39.0 Å². The number of nitrogens with two attached hydrogens (primary N) is 1. The normalized spacial score (nSPS) is 11.7. The van der Waals surface area contributed by atoms with Crippen molar-refractivity contribution in [1.82, 2.24) is 14.8 Å². The Morgan fingerprint density at radius 3 is 2.68 bits per heavy atom. The van der Waals surface area contributed by atoms with Gasteiger partial charge in [-0.15, -0.1) is 0 Å². The molecule has 0 saturated heterocycles. The lowest BCUT2D eigenvalue weighted by Crippen LogP contribution is -2.19. The molecule has 2 aromatic carbocycles. The quantitative estimate of drug-likeness (QED) is 0.453. The van der Waals surface area contributed by atoms with Gasteiger partial charge in [-0.05, 0) is 43.7 Å². The van der Waals surface area contributed by atoms with Crippen LogP contribution in [0.5, 0.6) is 5.75 Å². The molecule has 0 aliphatic rings. The fourth-order valence-corrected chi connectivity index (χ4v) is 3.81. The summed E-state index contributed by atoms with van der Waals surface area (Å²) in [7, 11) is 0. The molecule has 0 aliphatic heterocycles. The number of rotatable bonds is 5. The number of ether oxygens (including phenoxy) is 1. The predicted octanol–water partition coefficient (Wildman–Crippen LogP) is 3.74. The maximum Gasteiger partial charge on any atom is 0.255 e. The van der Waals surface area contributed by atoms with Gasteiger partial charge in [0.05, 0.1) is 0 Å². The van der Waals surface area contributed by atoms with Gasteiger partial charge < -0.3 is 20.0 Å². The molecule has 0 spiro atoms. The summed E-state index contributed by atoms with van der Waals surface area (Å²) in [4.78, 5) is 27.7. The van der Waals surface area contributed by atoms with E-state index in [-0.39, 0.29) is 18.1 Å². The van der Waals surface area contributed by atoms with Gasteiger partial charge in [0.25, 0.3) is 5.91 Å². The van der Waals surface area contributed by atoms with E-state index in [1.165, 1.54) is 12.1 Å². The Morgan fingerprint density at radius 1 is 1.19 bits per heavy atom. The largest absolute Gasteiger partial charge is 0.484 e. The summed E-state index contributed by atoms with van der Waals surface area (Å²) in [6.07, 6.45) is 1.90. The zero-order chi connectivity index (χ0) is 21.7. The van der Waals surface area contributed by atoms with Crippen molar-refractivity contribution in [2.45, 2.75) is 19.9 Å². The molecule has 0 bridgehead atoms. The van der Waals surface area contributed by atoms with Crippen molar-refractivity contribution < 1.29 is 13.9 Å². The summed E-state index contributed by atoms with van der Waals surface area (Å²) in [6.45, 7) is 3.96. The highest BCUT2D eigenvalue weighted by Crippen LogP contribution is 2.39. The highest BCUT2D eigenvalue weighted by molar-refractivity contribution is 6.14. The number of benzene rings is 2. The van der Waals surface area contributed by atoms with Crippen molar-refractivity contribution in [3.05, 3.63) is 58.9 Å². The van der Waals surface area contributed by atoms with Crippen molar-refractivity contribution in [1.29, 1.82) is 0 Å². The molecule has 8 heteroatoms. The average molecular weight is 416 g/mol. The van der Waals surface area contributed by atoms with Gasteiger partial charge >= 0.3 is 0 Å². The van der Waals surface area contributed by atoms with Crippen LogP contribution in [0.25, 0.3) is 44.2 Å². The zero-order valence-electron chi connectivity index (χ0n) is 17.0. The lowest BCUT2D eigenvalue weighted by atomic mass is 10.0. The summed E-state index contributed by atoms with van der Waals surface area (Å²) in [5.74, 6) is 0.00298. The number of nitrogens with zero attached hydrogens (tertiary/aromatic N) is 2. The molecule has 5 rings (SSSR count). The van der Waals surface area contributed by atoms with E-state index in [0.717, 1.165) is 27.5 Å². The number of primary amides is 1. The van der Waals surface area contributed by atoms with Crippen LogP contribution in [0, 0.1) is 0 Å². The number of nitrogens with one attached hydrogen (secondary N) is 1. The standard InChI is InChI=1S/C23H20N4O4/c1-12(2)27-23-17(10-25-27)20(13-3-6-15(7-4-13)30-11-19(24)29)22-21(26-23)16-8-5-14(28)9-18(16)31-22/h3-10,12,25H,11H2,1-2H3,(H2,24,29). The van der Waals surface area contributed by atoms with Crippen molar-refractivity contribution in [3.8, 4) is 16.9 Å². The topological polar surface area (TPSA) is 116 Å². The molecule has 0 unspecified atom stereocenters. The number of aromatic amines is 1. The molecule has 0 radical (unpaired) electrons. The van der Waals surface area contributed by atoms with Crippen molar-refractivity contribution in [3.63, 3.8) is 0 Å². The maximum atomic E-state index is 11.9. The van der Waals surface area contributed by atoms with E-state index < -0.39 is 5.91 Å². The molecular formula is C23H20N4O4. The first kappa shape index (κ1) is 18.9. The SMILES string of the molecule is CC(C)n1[nH]cc2c(-c3ccc(OCC(N)=O)cc3)c3oc4cc(=O)ccc4c3nc21. The number of furan rings is 1. The molecule has 3 heterocycles. The Balaban J connectivity index is 1.79. The number of amides is 1. The molecule has 1 amide bonds. The molecule has 8 nitrogen and oxygen atoms in total.